The molecular formula is C16H16N2O3. The summed E-state index contributed by atoms with van der Waals surface area (Å²) in [6.45, 7) is 3.61. The van der Waals surface area contributed by atoms with Gasteiger partial charge in [0.1, 0.15) is 0 Å². The minimum Gasteiger partial charge on any atom is -0.478 e. The summed E-state index contributed by atoms with van der Waals surface area (Å²) in [5, 5.41) is 11.8. The quantitative estimate of drug-likeness (QED) is 0.904. The zero-order chi connectivity index (χ0) is 15.4. The molecule has 21 heavy (non-hydrogen) atoms. The highest BCUT2D eigenvalue weighted by Crippen LogP contribution is 2.16. The Balaban J connectivity index is 2.12. The summed E-state index contributed by atoms with van der Waals surface area (Å²) in [5.41, 5.74) is 2.96. The molecule has 0 spiro atoms. The van der Waals surface area contributed by atoms with Gasteiger partial charge in [-0.25, -0.2) is 4.79 Å². The summed E-state index contributed by atoms with van der Waals surface area (Å²) in [6.07, 6.45) is 1.80. The van der Waals surface area contributed by atoms with E-state index >= 15 is 0 Å². The Morgan fingerprint density at radius 1 is 1.19 bits per heavy atom. The van der Waals surface area contributed by atoms with Crippen molar-refractivity contribution in [2.75, 3.05) is 5.32 Å². The molecule has 2 rings (SSSR count). The number of benzene rings is 1. The summed E-state index contributed by atoms with van der Waals surface area (Å²) in [7, 11) is 0. The molecule has 0 aliphatic carbocycles. The highest BCUT2D eigenvalue weighted by atomic mass is 16.4. The van der Waals surface area contributed by atoms with Gasteiger partial charge >= 0.3 is 5.97 Å². The van der Waals surface area contributed by atoms with Crippen LogP contribution in [0.15, 0.2) is 36.5 Å². The summed E-state index contributed by atoms with van der Waals surface area (Å²) in [5.74, 6) is -1.24. The molecule has 1 aromatic heterocycles. The van der Waals surface area contributed by atoms with Gasteiger partial charge in [0.2, 0.25) is 5.91 Å². The van der Waals surface area contributed by atoms with E-state index in [4.69, 9.17) is 5.11 Å². The Kier molecular flexibility index (Phi) is 4.33. The molecular weight excluding hydrogens is 268 g/mol. The molecule has 5 nitrogen and oxygen atoms in total. The van der Waals surface area contributed by atoms with Crippen molar-refractivity contribution in [3.05, 3.63) is 58.9 Å². The van der Waals surface area contributed by atoms with E-state index in [0.717, 1.165) is 5.56 Å². The molecule has 0 saturated carbocycles. The first kappa shape index (κ1) is 14.7. The Morgan fingerprint density at radius 2 is 1.95 bits per heavy atom. The first-order valence-electron chi connectivity index (χ1n) is 6.51. The fourth-order valence-corrected chi connectivity index (χ4v) is 1.99. The van der Waals surface area contributed by atoms with Crippen molar-refractivity contribution in [2.24, 2.45) is 0 Å². The Bertz CT molecular complexity index is 696. The number of carboxylic acids is 1. The number of carboxylic acid groups (broad SMARTS) is 1. The van der Waals surface area contributed by atoms with E-state index in [9.17, 15) is 9.59 Å². The minimum absolute atomic E-state index is 0.156. The lowest BCUT2D eigenvalue weighted by molar-refractivity contribution is -0.115. The standard InChI is InChI=1S/C16H16N2O3/c1-10-5-6-12(8-13(10)16(20)21)18-15(19)9-14-11(2)4-3-7-17-14/h3-8H,9H2,1-2H3,(H,18,19)(H,20,21). The number of carbonyl (C=O) groups excluding carboxylic acids is 1. The highest BCUT2D eigenvalue weighted by Gasteiger charge is 2.11. The fourth-order valence-electron chi connectivity index (χ4n) is 1.99. The average Bonchev–Trinajstić information content (AvgIpc) is 2.43. The van der Waals surface area contributed by atoms with Crippen LogP contribution in [0.3, 0.4) is 0 Å². The minimum atomic E-state index is -1.01. The van der Waals surface area contributed by atoms with Crippen LogP contribution in [0.25, 0.3) is 0 Å². The summed E-state index contributed by atoms with van der Waals surface area (Å²) < 4.78 is 0. The van der Waals surface area contributed by atoms with Crippen molar-refractivity contribution < 1.29 is 14.7 Å². The van der Waals surface area contributed by atoms with E-state index in [1.807, 2.05) is 19.1 Å². The van der Waals surface area contributed by atoms with Crippen LogP contribution in [0.2, 0.25) is 0 Å². The molecule has 2 aromatic rings. The highest BCUT2D eigenvalue weighted by molar-refractivity contribution is 5.95. The molecule has 1 heterocycles. The van der Waals surface area contributed by atoms with Gasteiger partial charge < -0.3 is 10.4 Å². The third kappa shape index (κ3) is 3.66. The van der Waals surface area contributed by atoms with Crippen molar-refractivity contribution in [2.45, 2.75) is 20.3 Å². The predicted molar refractivity (Wildman–Crippen MR) is 79.4 cm³/mol. The molecule has 0 unspecified atom stereocenters. The van der Waals surface area contributed by atoms with Crippen molar-refractivity contribution in [3.8, 4) is 0 Å². The topological polar surface area (TPSA) is 79.3 Å². The van der Waals surface area contributed by atoms with Gasteiger partial charge in [-0.2, -0.15) is 0 Å². The number of nitrogens with one attached hydrogen (secondary N) is 1. The maximum atomic E-state index is 12.0. The van der Waals surface area contributed by atoms with Crippen molar-refractivity contribution in [3.63, 3.8) is 0 Å². The van der Waals surface area contributed by atoms with Gasteiger partial charge in [-0.1, -0.05) is 12.1 Å². The lowest BCUT2D eigenvalue weighted by Crippen LogP contribution is -2.16. The maximum Gasteiger partial charge on any atom is 0.336 e. The molecule has 0 fully saturated rings. The number of pyridine rings is 1. The van der Waals surface area contributed by atoms with Crippen LogP contribution in [-0.2, 0) is 11.2 Å². The Labute approximate surface area is 122 Å². The Morgan fingerprint density at radius 3 is 2.62 bits per heavy atom. The van der Waals surface area contributed by atoms with Gasteiger partial charge in [-0.3, -0.25) is 9.78 Å². The van der Waals surface area contributed by atoms with E-state index in [1.54, 1.807) is 25.3 Å². The number of amides is 1. The van der Waals surface area contributed by atoms with Crippen LogP contribution >= 0.6 is 0 Å². The largest absolute Gasteiger partial charge is 0.478 e. The lowest BCUT2D eigenvalue weighted by Gasteiger charge is -2.08. The normalized spacial score (nSPS) is 10.2. The number of aromatic carboxylic acids is 1. The number of rotatable bonds is 4. The molecule has 1 aromatic carbocycles. The van der Waals surface area contributed by atoms with Crippen LogP contribution in [-0.4, -0.2) is 22.0 Å². The van der Waals surface area contributed by atoms with Gasteiger partial charge in [0, 0.05) is 11.9 Å². The predicted octanol–water partition coefficient (Wildman–Crippen LogP) is 2.58. The monoisotopic (exact) mass is 284 g/mol. The van der Waals surface area contributed by atoms with Gasteiger partial charge in [0.25, 0.3) is 0 Å². The van der Waals surface area contributed by atoms with Crippen LogP contribution < -0.4 is 5.32 Å². The zero-order valence-electron chi connectivity index (χ0n) is 11.9. The first-order valence-corrected chi connectivity index (χ1v) is 6.51. The molecule has 0 bridgehead atoms. The summed E-state index contributed by atoms with van der Waals surface area (Å²) in [4.78, 5) is 27.2. The van der Waals surface area contributed by atoms with Crippen molar-refractivity contribution in [1.82, 2.24) is 4.98 Å². The van der Waals surface area contributed by atoms with E-state index in [2.05, 4.69) is 10.3 Å². The number of hydrogen-bond donors (Lipinski definition) is 2. The van der Waals surface area contributed by atoms with Gasteiger partial charge in [-0.15, -0.1) is 0 Å². The number of nitrogens with zero attached hydrogens (tertiary/aromatic N) is 1. The van der Waals surface area contributed by atoms with Crippen LogP contribution in [0.4, 0.5) is 5.69 Å². The number of hydrogen-bond acceptors (Lipinski definition) is 3. The van der Waals surface area contributed by atoms with Gasteiger partial charge in [-0.05, 0) is 43.2 Å². The van der Waals surface area contributed by atoms with Gasteiger partial charge in [0.15, 0.2) is 0 Å². The van der Waals surface area contributed by atoms with Crippen LogP contribution in [0.5, 0.6) is 0 Å². The van der Waals surface area contributed by atoms with E-state index in [-0.39, 0.29) is 17.9 Å². The van der Waals surface area contributed by atoms with Crippen LogP contribution in [0.1, 0.15) is 27.2 Å². The van der Waals surface area contributed by atoms with Gasteiger partial charge in [0.05, 0.1) is 17.7 Å². The SMILES string of the molecule is Cc1ccc(NC(=O)Cc2ncccc2C)cc1C(=O)O. The molecule has 1 amide bonds. The number of carbonyl (C=O) groups is 2. The van der Waals surface area contributed by atoms with Crippen molar-refractivity contribution in [1.29, 1.82) is 0 Å². The molecule has 0 saturated heterocycles. The van der Waals surface area contributed by atoms with E-state index in [0.29, 0.717) is 16.9 Å². The number of aromatic nitrogens is 1. The third-order valence-corrected chi connectivity index (χ3v) is 3.20. The zero-order valence-corrected chi connectivity index (χ0v) is 11.9. The maximum absolute atomic E-state index is 12.0. The molecule has 0 aliphatic rings. The van der Waals surface area contributed by atoms with E-state index in [1.165, 1.54) is 6.07 Å². The number of aryl methyl sites for hydroxylation is 2. The lowest BCUT2D eigenvalue weighted by atomic mass is 10.1. The molecule has 0 radical (unpaired) electrons. The van der Waals surface area contributed by atoms with E-state index < -0.39 is 5.97 Å². The molecule has 108 valence electrons. The second-order valence-electron chi connectivity index (χ2n) is 4.83. The third-order valence-electron chi connectivity index (χ3n) is 3.20. The second kappa shape index (κ2) is 6.17. The smallest absolute Gasteiger partial charge is 0.336 e. The Hall–Kier alpha value is -2.69. The first-order chi connectivity index (χ1) is 9.97. The fraction of sp³-hybridized carbons (Fsp3) is 0.188. The molecule has 0 aliphatic heterocycles. The summed E-state index contributed by atoms with van der Waals surface area (Å²) >= 11 is 0. The average molecular weight is 284 g/mol. The molecule has 5 heteroatoms. The van der Waals surface area contributed by atoms with Crippen molar-refractivity contribution >= 4 is 17.6 Å². The van der Waals surface area contributed by atoms with Crippen LogP contribution in [0, 0.1) is 13.8 Å². The molecule has 0 atom stereocenters. The molecule has 2 N–H and O–H groups in total. The number of anilines is 1. The summed E-state index contributed by atoms with van der Waals surface area (Å²) in [6, 6.07) is 8.52. The second-order valence-corrected chi connectivity index (χ2v) is 4.83.